The molecule has 2 nitrogen and oxygen atoms in total. The van der Waals surface area contributed by atoms with E-state index in [4.69, 9.17) is 10.2 Å². The quantitative estimate of drug-likeness (QED) is 0.818. The second-order valence-electron chi connectivity index (χ2n) is 3.56. The van der Waals surface area contributed by atoms with E-state index in [1.165, 1.54) is 18.6 Å². The minimum atomic E-state index is -0.468. The molecule has 2 rings (SSSR count). The molecule has 15 heavy (non-hydrogen) atoms. The van der Waals surface area contributed by atoms with Crippen LogP contribution in [0.2, 0.25) is 0 Å². The van der Waals surface area contributed by atoms with Crippen LogP contribution in [0, 0.1) is 12.7 Å². The monoisotopic (exact) mass is 205 g/mol. The van der Waals surface area contributed by atoms with E-state index in [0.29, 0.717) is 5.56 Å². The van der Waals surface area contributed by atoms with Crippen molar-refractivity contribution >= 4 is 0 Å². The van der Waals surface area contributed by atoms with Gasteiger partial charge in [0.15, 0.2) is 0 Å². The normalized spacial score (nSPS) is 12.7. The Bertz CT molecular complexity index is 451. The van der Waals surface area contributed by atoms with E-state index in [0.717, 1.165) is 11.1 Å². The first-order valence-electron chi connectivity index (χ1n) is 4.72. The Morgan fingerprint density at radius 2 is 2.13 bits per heavy atom. The molecule has 0 saturated heterocycles. The zero-order chi connectivity index (χ0) is 10.8. The summed E-state index contributed by atoms with van der Waals surface area (Å²) in [6.07, 6.45) is 3.06. The van der Waals surface area contributed by atoms with Crippen LogP contribution in [0.3, 0.4) is 0 Å². The van der Waals surface area contributed by atoms with Crippen molar-refractivity contribution in [1.82, 2.24) is 0 Å². The van der Waals surface area contributed by atoms with Gasteiger partial charge in [0.05, 0.1) is 18.6 Å². The Kier molecular flexibility index (Phi) is 2.56. The lowest BCUT2D eigenvalue weighted by atomic mass is 10.0. The summed E-state index contributed by atoms with van der Waals surface area (Å²) in [5.74, 6) is -0.274. The third-order valence-corrected chi connectivity index (χ3v) is 2.39. The highest BCUT2D eigenvalue weighted by molar-refractivity contribution is 5.32. The fraction of sp³-hybridized carbons (Fsp3) is 0.167. The van der Waals surface area contributed by atoms with E-state index in [1.54, 1.807) is 12.1 Å². The highest BCUT2D eigenvalue weighted by atomic mass is 19.1. The molecule has 0 saturated carbocycles. The number of nitrogens with two attached hydrogens (primary N) is 1. The Morgan fingerprint density at radius 1 is 1.33 bits per heavy atom. The van der Waals surface area contributed by atoms with Crippen molar-refractivity contribution in [1.29, 1.82) is 0 Å². The van der Waals surface area contributed by atoms with E-state index >= 15 is 0 Å². The molecule has 2 aromatic rings. The number of hydrogen-bond acceptors (Lipinski definition) is 2. The summed E-state index contributed by atoms with van der Waals surface area (Å²) in [5, 5.41) is 0. The van der Waals surface area contributed by atoms with Gasteiger partial charge >= 0.3 is 0 Å². The summed E-state index contributed by atoms with van der Waals surface area (Å²) in [7, 11) is 0. The van der Waals surface area contributed by atoms with Gasteiger partial charge in [-0.25, -0.2) is 4.39 Å². The van der Waals surface area contributed by atoms with Crippen LogP contribution in [0.15, 0.2) is 41.2 Å². The highest BCUT2D eigenvalue weighted by Gasteiger charge is 2.14. The second-order valence-corrected chi connectivity index (χ2v) is 3.56. The Hall–Kier alpha value is -1.61. The standard InChI is InChI=1S/C12H12FNO/c1-8-2-3-10(11(13)6-8)12(14)9-4-5-15-7-9/h2-7,12H,14H2,1H3. The molecule has 0 aliphatic carbocycles. The second kappa shape index (κ2) is 3.87. The molecule has 1 aromatic heterocycles. The van der Waals surface area contributed by atoms with Crippen molar-refractivity contribution in [3.8, 4) is 0 Å². The van der Waals surface area contributed by atoms with E-state index in [2.05, 4.69) is 0 Å². The van der Waals surface area contributed by atoms with Gasteiger partial charge in [-0.1, -0.05) is 12.1 Å². The van der Waals surface area contributed by atoms with E-state index in [1.807, 2.05) is 13.0 Å². The van der Waals surface area contributed by atoms with Gasteiger partial charge in [0.1, 0.15) is 5.82 Å². The predicted octanol–water partition coefficient (Wildman–Crippen LogP) is 2.78. The molecule has 0 aliphatic heterocycles. The summed E-state index contributed by atoms with van der Waals surface area (Å²) in [5.41, 5.74) is 8.06. The predicted molar refractivity (Wildman–Crippen MR) is 55.9 cm³/mol. The number of aryl methyl sites for hydroxylation is 1. The molecular weight excluding hydrogens is 193 g/mol. The molecule has 0 radical (unpaired) electrons. The maximum atomic E-state index is 13.6. The summed E-state index contributed by atoms with van der Waals surface area (Å²) >= 11 is 0. The van der Waals surface area contributed by atoms with Crippen LogP contribution >= 0.6 is 0 Å². The molecule has 0 fully saturated rings. The molecule has 3 heteroatoms. The maximum absolute atomic E-state index is 13.6. The van der Waals surface area contributed by atoms with Crippen molar-refractivity contribution in [2.45, 2.75) is 13.0 Å². The average Bonchev–Trinajstić information content (AvgIpc) is 2.69. The van der Waals surface area contributed by atoms with Gasteiger partial charge in [-0.2, -0.15) is 0 Å². The molecule has 2 N–H and O–H groups in total. The van der Waals surface area contributed by atoms with Gasteiger partial charge < -0.3 is 10.2 Å². The minimum Gasteiger partial charge on any atom is -0.472 e. The molecule has 1 atom stereocenters. The van der Waals surface area contributed by atoms with Crippen molar-refractivity contribution in [3.05, 3.63) is 59.3 Å². The fourth-order valence-electron chi connectivity index (χ4n) is 1.52. The molecular formula is C12H12FNO. The number of rotatable bonds is 2. The molecule has 0 spiro atoms. The van der Waals surface area contributed by atoms with Gasteiger partial charge in [0.25, 0.3) is 0 Å². The Balaban J connectivity index is 2.38. The zero-order valence-corrected chi connectivity index (χ0v) is 8.41. The third kappa shape index (κ3) is 1.92. The molecule has 1 unspecified atom stereocenters. The van der Waals surface area contributed by atoms with E-state index < -0.39 is 6.04 Å². The van der Waals surface area contributed by atoms with Crippen molar-refractivity contribution in [2.24, 2.45) is 5.73 Å². The number of hydrogen-bond donors (Lipinski definition) is 1. The van der Waals surface area contributed by atoms with Crippen molar-refractivity contribution in [3.63, 3.8) is 0 Å². The summed E-state index contributed by atoms with van der Waals surface area (Å²) in [6.45, 7) is 1.84. The number of benzene rings is 1. The van der Waals surface area contributed by atoms with Crippen LogP contribution < -0.4 is 5.73 Å². The van der Waals surface area contributed by atoms with Gasteiger partial charge in [-0.3, -0.25) is 0 Å². The minimum absolute atomic E-state index is 0.274. The number of halogens is 1. The largest absolute Gasteiger partial charge is 0.472 e. The average molecular weight is 205 g/mol. The Morgan fingerprint density at radius 3 is 2.73 bits per heavy atom. The van der Waals surface area contributed by atoms with Crippen molar-refractivity contribution < 1.29 is 8.81 Å². The molecule has 0 bridgehead atoms. The Labute approximate surface area is 87.5 Å². The highest BCUT2D eigenvalue weighted by Crippen LogP contribution is 2.22. The SMILES string of the molecule is Cc1ccc(C(N)c2ccoc2)c(F)c1. The lowest BCUT2D eigenvalue weighted by Gasteiger charge is -2.11. The topological polar surface area (TPSA) is 39.2 Å². The maximum Gasteiger partial charge on any atom is 0.128 e. The molecule has 78 valence electrons. The van der Waals surface area contributed by atoms with Crippen molar-refractivity contribution in [2.75, 3.05) is 0 Å². The third-order valence-electron chi connectivity index (χ3n) is 2.39. The van der Waals surface area contributed by atoms with Crippen LogP contribution in [0.25, 0.3) is 0 Å². The summed E-state index contributed by atoms with van der Waals surface area (Å²) in [4.78, 5) is 0. The number of furan rings is 1. The first-order valence-corrected chi connectivity index (χ1v) is 4.72. The summed E-state index contributed by atoms with van der Waals surface area (Å²) in [6, 6.07) is 6.31. The molecule has 0 amide bonds. The van der Waals surface area contributed by atoms with Crippen LogP contribution in [-0.4, -0.2) is 0 Å². The lowest BCUT2D eigenvalue weighted by Crippen LogP contribution is -2.12. The van der Waals surface area contributed by atoms with Gasteiger partial charge in [-0.15, -0.1) is 0 Å². The zero-order valence-electron chi connectivity index (χ0n) is 8.41. The van der Waals surface area contributed by atoms with Crippen LogP contribution in [0.1, 0.15) is 22.7 Å². The molecule has 0 aliphatic rings. The molecule has 1 heterocycles. The fourth-order valence-corrected chi connectivity index (χ4v) is 1.52. The van der Waals surface area contributed by atoms with E-state index in [9.17, 15) is 4.39 Å². The smallest absolute Gasteiger partial charge is 0.128 e. The lowest BCUT2D eigenvalue weighted by molar-refractivity contribution is 0.559. The van der Waals surface area contributed by atoms with E-state index in [-0.39, 0.29) is 5.82 Å². The van der Waals surface area contributed by atoms with Gasteiger partial charge in [0.2, 0.25) is 0 Å². The van der Waals surface area contributed by atoms with Gasteiger partial charge in [0, 0.05) is 11.1 Å². The first-order chi connectivity index (χ1) is 7.18. The summed E-state index contributed by atoms with van der Waals surface area (Å²) < 4.78 is 18.5. The van der Waals surface area contributed by atoms with Crippen LogP contribution in [0.5, 0.6) is 0 Å². The molecule has 1 aromatic carbocycles. The van der Waals surface area contributed by atoms with Crippen LogP contribution in [-0.2, 0) is 0 Å². The van der Waals surface area contributed by atoms with Gasteiger partial charge in [-0.05, 0) is 24.6 Å². The van der Waals surface area contributed by atoms with Crippen LogP contribution in [0.4, 0.5) is 4.39 Å². The first kappa shape index (κ1) is 9.93.